The van der Waals surface area contributed by atoms with Crippen LogP contribution in [-0.2, 0) is 32.0 Å². The predicted molar refractivity (Wildman–Crippen MR) is 99.9 cm³/mol. The fourth-order valence-electron chi connectivity index (χ4n) is 2.68. The summed E-state index contributed by atoms with van der Waals surface area (Å²) in [5.74, 6) is -1.99. The van der Waals surface area contributed by atoms with E-state index in [1.54, 1.807) is 6.20 Å². The number of Topliss-reactive ketones (excluding diaryl/α,β-unsaturated/α-hetero) is 1. The molecule has 1 aromatic carbocycles. The Hall–Kier alpha value is -2.94. The van der Waals surface area contributed by atoms with E-state index in [4.69, 9.17) is 4.74 Å². The molecule has 1 aliphatic heterocycles. The summed E-state index contributed by atoms with van der Waals surface area (Å²) < 4.78 is 37.1. The number of ketones is 1. The summed E-state index contributed by atoms with van der Waals surface area (Å²) in [6.07, 6.45) is 2.54. The highest BCUT2D eigenvalue weighted by Gasteiger charge is 2.46. The van der Waals surface area contributed by atoms with Crippen molar-refractivity contribution in [3.8, 4) is 0 Å². The molecule has 2 heterocycles. The van der Waals surface area contributed by atoms with Gasteiger partial charge in [0.25, 0.3) is 0 Å². The second-order valence-corrected chi connectivity index (χ2v) is 6.75. The van der Waals surface area contributed by atoms with E-state index in [9.17, 15) is 18.4 Å². The van der Waals surface area contributed by atoms with Gasteiger partial charge in [0.05, 0.1) is 32.6 Å². The number of nitrogens with zero attached hydrogens (tertiary/aromatic N) is 3. The highest BCUT2D eigenvalue weighted by molar-refractivity contribution is 6.12. The van der Waals surface area contributed by atoms with Gasteiger partial charge in [-0.1, -0.05) is 24.8 Å². The Balaban J connectivity index is 0.000000212. The molecule has 0 radical (unpaired) electrons. The van der Waals surface area contributed by atoms with E-state index in [0.29, 0.717) is 11.1 Å². The zero-order valence-electron chi connectivity index (χ0n) is 16.6. The van der Waals surface area contributed by atoms with Crippen molar-refractivity contribution >= 4 is 11.8 Å². The lowest BCUT2D eigenvalue weighted by Gasteiger charge is -2.29. The number of esters is 1. The third-order valence-electron chi connectivity index (χ3n) is 4.42. The highest BCUT2D eigenvalue weighted by atomic mass is 19.1. The lowest BCUT2D eigenvalue weighted by atomic mass is 9.81. The SMILES string of the molecule is C=C1COCC(C)(C(=O)OC)C1=O.CCc1cn(Cc2ccc(F)cc2F)nn1. The van der Waals surface area contributed by atoms with Crippen LogP contribution in [-0.4, -0.2) is 47.1 Å². The molecule has 3 rings (SSSR count). The summed E-state index contributed by atoms with van der Waals surface area (Å²) in [5, 5.41) is 7.75. The highest BCUT2D eigenvalue weighted by Crippen LogP contribution is 2.27. The van der Waals surface area contributed by atoms with E-state index in [1.165, 1.54) is 30.8 Å². The summed E-state index contributed by atoms with van der Waals surface area (Å²) >= 11 is 0. The molecule has 0 N–H and O–H groups in total. The third-order valence-corrected chi connectivity index (χ3v) is 4.42. The number of aromatic nitrogens is 3. The first-order valence-electron chi connectivity index (χ1n) is 8.93. The van der Waals surface area contributed by atoms with Gasteiger partial charge in [-0.25, -0.2) is 13.5 Å². The fraction of sp³-hybridized carbons (Fsp3) is 0.400. The maximum Gasteiger partial charge on any atom is 0.321 e. The van der Waals surface area contributed by atoms with E-state index in [0.717, 1.165) is 18.2 Å². The number of carbonyl (C=O) groups excluding carboxylic acids is 2. The van der Waals surface area contributed by atoms with E-state index >= 15 is 0 Å². The molecule has 1 unspecified atom stereocenters. The van der Waals surface area contributed by atoms with Crippen LogP contribution in [0.4, 0.5) is 8.78 Å². The van der Waals surface area contributed by atoms with Crippen molar-refractivity contribution in [3.63, 3.8) is 0 Å². The monoisotopic (exact) mass is 407 g/mol. The van der Waals surface area contributed by atoms with E-state index in [-0.39, 0.29) is 25.5 Å². The minimum atomic E-state index is -1.20. The molecule has 1 aromatic heterocycles. The van der Waals surface area contributed by atoms with Gasteiger partial charge < -0.3 is 9.47 Å². The molecule has 2 aromatic rings. The van der Waals surface area contributed by atoms with Crippen LogP contribution >= 0.6 is 0 Å². The van der Waals surface area contributed by atoms with E-state index in [1.807, 2.05) is 6.92 Å². The first kappa shape index (κ1) is 22.4. The number of rotatable bonds is 4. The second kappa shape index (κ2) is 9.51. The maximum atomic E-state index is 13.3. The molecule has 29 heavy (non-hydrogen) atoms. The lowest BCUT2D eigenvalue weighted by Crippen LogP contribution is -2.46. The van der Waals surface area contributed by atoms with Crippen LogP contribution in [0.25, 0.3) is 0 Å². The number of halogens is 2. The summed E-state index contributed by atoms with van der Waals surface area (Å²) in [6, 6.07) is 3.51. The number of hydrogen-bond acceptors (Lipinski definition) is 6. The van der Waals surface area contributed by atoms with Gasteiger partial charge >= 0.3 is 5.97 Å². The Labute approximate surface area is 167 Å². The Kier molecular flexibility index (Phi) is 7.33. The van der Waals surface area contributed by atoms with Gasteiger partial charge in [-0.2, -0.15) is 0 Å². The van der Waals surface area contributed by atoms with Crippen LogP contribution in [0.3, 0.4) is 0 Å². The number of methoxy groups -OCH3 is 1. The van der Waals surface area contributed by atoms with Gasteiger partial charge in [-0.15, -0.1) is 5.10 Å². The predicted octanol–water partition coefficient (Wildman–Crippen LogP) is 2.49. The number of aryl methyl sites for hydroxylation is 1. The number of carbonyl (C=O) groups is 2. The molecule has 1 fully saturated rings. The molecular weight excluding hydrogens is 384 g/mol. The largest absolute Gasteiger partial charge is 0.468 e. The summed E-state index contributed by atoms with van der Waals surface area (Å²) in [5.41, 5.74) is 0.361. The molecule has 7 nitrogen and oxygen atoms in total. The Morgan fingerprint density at radius 3 is 2.72 bits per heavy atom. The molecule has 0 bridgehead atoms. The molecular formula is C20H23F2N3O4. The van der Waals surface area contributed by atoms with Gasteiger partial charge in [0.1, 0.15) is 11.6 Å². The summed E-state index contributed by atoms with van der Waals surface area (Å²) in [4.78, 5) is 22.8. The summed E-state index contributed by atoms with van der Waals surface area (Å²) in [7, 11) is 1.25. The Morgan fingerprint density at radius 1 is 1.41 bits per heavy atom. The minimum Gasteiger partial charge on any atom is -0.468 e. The first-order chi connectivity index (χ1) is 13.7. The van der Waals surface area contributed by atoms with E-state index in [2.05, 4.69) is 21.6 Å². The third kappa shape index (κ3) is 5.32. The van der Waals surface area contributed by atoms with Crippen molar-refractivity contribution in [1.82, 2.24) is 15.0 Å². The van der Waals surface area contributed by atoms with Crippen molar-refractivity contribution in [1.29, 1.82) is 0 Å². The molecule has 0 amide bonds. The standard InChI is InChI=1S/C11H11F2N3.C9H12O4/c1-2-10-7-16(15-14-10)6-8-3-4-9(12)5-11(8)13;1-6-4-13-5-9(2,7(6)10)8(11)12-3/h3-5,7H,2,6H2,1H3;1,4-5H2,2-3H3. The topological polar surface area (TPSA) is 83.3 Å². The average Bonchev–Trinajstić information content (AvgIpc) is 3.16. The van der Waals surface area contributed by atoms with Crippen LogP contribution in [0.1, 0.15) is 25.1 Å². The number of benzene rings is 1. The van der Waals surface area contributed by atoms with E-state index < -0.39 is 23.0 Å². The molecule has 1 saturated heterocycles. The van der Waals surface area contributed by atoms with Crippen molar-refractivity contribution in [2.75, 3.05) is 20.3 Å². The van der Waals surface area contributed by atoms with Gasteiger partial charge in [0.2, 0.25) is 0 Å². The number of hydrogen-bond donors (Lipinski definition) is 0. The normalized spacial score (nSPS) is 18.8. The van der Waals surface area contributed by atoms with Crippen molar-refractivity contribution in [2.45, 2.75) is 26.8 Å². The molecule has 1 aliphatic rings. The van der Waals surface area contributed by atoms with Gasteiger partial charge in [0, 0.05) is 23.4 Å². The van der Waals surface area contributed by atoms with Gasteiger partial charge in [0.15, 0.2) is 11.2 Å². The minimum absolute atomic E-state index is 0.0670. The molecule has 0 aliphatic carbocycles. The molecule has 1 atom stereocenters. The smallest absolute Gasteiger partial charge is 0.321 e. The van der Waals surface area contributed by atoms with Crippen LogP contribution in [0, 0.1) is 17.0 Å². The maximum absolute atomic E-state index is 13.3. The molecule has 0 spiro atoms. The zero-order chi connectivity index (χ0) is 21.6. The average molecular weight is 407 g/mol. The fourth-order valence-corrected chi connectivity index (χ4v) is 2.68. The lowest BCUT2D eigenvalue weighted by molar-refractivity contribution is -0.162. The van der Waals surface area contributed by atoms with Crippen LogP contribution in [0.15, 0.2) is 36.5 Å². The quantitative estimate of drug-likeness (QED) is 0.440. The first-order valence-corrected chi connectivity index (χ1v) is 8.93. The second-order valence-electron chi connectivity index (χ2n) is 6.75. The summed E-state index contributed by atoms with van der Waals surface area (Å²) in [6.45, 7) is 7.53. The van der Waals surface area contributed by atoms with Crippen LogP contribution < -0.4 is 0 Å². The van der Waals surface area contributed by atoms with Crippen molar-refractivity contribution < 1.29 is 27.8 Å². The molecule has 9 heteroatoms. The van der Waals surface area contributed by atoms with Crippen LogP contribution in [0.2, 0.25) is 0 Å². The van der Waals surface area contributed by atoms with Gasteiger partial charge in [-0.3, -0.25) is 9.59 Å². The Morgan fingerprint density at radius 2 is 2.14 bits per heavy atom. The van der Waals surface area contributed by atoms with Crippen LogP contribution in [0.5, 0.6) is 0 Å². The zero-order valence-corrected chi connectivity index (χ0v) is 16.6. The molecule has 156 valence electrons. The van der Waals surface area contributed by atoms with Crippen molar-refractivity contribution in [2.24, 2.45) is 5.41 Å². The number of ether oxygens (including phenoxy) is 2. The molecule has 0 saturated carbocycles. The van der Waals surface area contributed by atoms with Crippen molar-refractivity contribution in [3.05, 3.63) is 59.4 Å². The Bertz CT molecular complexity index is 913. The van der Waals surface area contributed by atoms with Gasteiger partial charge in [-0.05, 0) is 19.4 Å².